The van der Waals surface area contributed by atoms with Gasteiger partial charge in [-0.1, -0.05) is 0 Å². The molecule has 4 aliphatic heterocycles. The molecule has 1 aromatic heterocycles. The van der Waals surface area contributed by atoms with E-state index in [1.807, 2.05) is 12.3 Å². The first-order valence-corrected chi connectivity index (χ1v) is 34.8. The van der Waals surface area contributed by atoms with Crippen LogP contribution in [-0.2, 0) is 0 Å². The first-order chi connectivity index (χ1) is 45.7. The SMILES string of the molecule is c1ccc(-c2cccc(-c3ccccc3)c2N2c3cc4c(cc3B3c5ccccc5[Se]c5cc(N(c6ccccc6)c6ccccc6)cc2c53)B2c3ccccc3[Se]c3cc(N(c5ccccc5)c5ccccc5-c5ccccn5)cc(c32)N4c2ccccc2)cc1. The Bertz CT molecular complexity index is 5050. The normalized spacial score (nSPS) is 12.8. The topological polar surface area (TPSA) is 25.9 Å². The van der Waals surface area contributed by atoms with E-state index in [4.69, 9.17) is 4.98 Å². The van der Waals surface area contributed by atoms with Crippen LogP contribution in [0.2, 0.25) is 0 Å². The van der Waals surface area contributed by atoms with Gasteiger partial charge >= 0.3 is 554 Å². The molecule has 0 unspecified atom stereocenters. The Morgan fingerprint density at radius 2 is 0.728 bits per heavy atom. The number of pyridine rings is 1. The number of benzene rings is 13. The number of nitrogens with zero attached hydrogens (tertiary/aromatic N) is 5. The van der Waals surface area contributed by atoms with Gasteiger partial charge < -0.3 is 0 Å². The third kappa shape index (κ3) is 9.03. The summed E-state index contributed by atoms with van der Waals surface area (Å²) in [6, 6.07) is 122. The molecule has 0 saturated carbocycles. The van der Waals surface area contributed by atoms with Crippen molar-refractivity contribution >= 4 is 162 Å². The van der Waals surface area contributed by atoms with Gasteiger partial charge in [0.1, 0.15) is 0 Å². The van der Waals surface area contributed by atoms with E-state index in [2.05, 4.69) is 341 Å². The number of para-hydroxylation sites is 6. The zero-order chi connectivity index (χ0) is 60.6. The summed E-state index contributed by atoms with van der Waals surface area (Å²) in [7, 11) is 0. The molecule has 5 nitrogen and oxygen atoms in total. The molecule has 92 heavy (non-hydrogen) atoms. The molecule has 0 radical (unpaired) electrons. The Morgan fingerprint density at radius 3 is 1.27 bits per heavy atom. The second-order valence-corrected chi connectivity index (χ2v) is 28.3. The molecule has 18 rings (SSSR count). The molecule has 0 amide bonds. The van der Waals surface area contributed by atoms with Crippen LogP contribution in [0.15, 0.2) is 334 Å². The Kier molecular flexibility index (Phi) is 13.4. The monoisotopic (exact) mass is 1300 g/mol. The summed E-state index contributed by atoms with van der Waals surface area (Å²) in [5, 5.41) is 0. The molecule has 5 heterocycles. The summed E-state index contributed by atoms with van der Waals surface area (Å²) < 4.78 is 5.60. The van der Waals surface area contributed by atoms with Gasteiger partial charge in [0.2, 0.25) is 0 Å². The quantitative estimate of drug-likeness (QED) is 0.120. The molecule has 0 atom stereocenters. The molecular formula is C83H55B2N5Se2. The Labute approximate surface area is 550 Å². The van der Waals surface area contributed by atoms with Crippen LogP contribution in [0.5, 0.6) is 0 Å². The van der Waals surface area contributed by atoms with Crippen LogP contribution in [0.1, 0.15) is 0 Å². The molecule has 9 heteroatoms. The van der Waals surface area contributed by atoms with Gasteiger partial charge in [0.05, 0.1) is 0 Å². The van der Waals surface area contributed by atoms with Gasteiger partial charge in [-0.2, -0.15) is 0 Å². The minimum atomic E-state index is -0.0709. The molecule has 0 spiro atoms. The maximum atomic E-state index is 4.96. The van der Waals surface area contributed by atoms with Crippen LogP contribution < -0.4 is 70.2 Å². The van der Waals surface area contributed by atoms with Crippen molar-refractivity contribution in [2.75, 3.05) is 19.6 Å². The second-order valence-electron chi connectivity index (χ2n) is 23.7. The molecule has 0 N–H and O–H groups in total. The van der Waals surface area contributed by atoms with Gasteiger partial charge in [-0.05, 0) is 0 Å². The summed E-state index contributed by atoms with van der Waals surface area (Å²) in [6.45, 7) is -0.132. The van der Waals surface area contributed by atoms with Gasteiger partial charge in [0, 0.05) is 0 Å². The molecular weight excluding hydrogens is 1250 g/mol. The number of anilines is 12. The third-order valence-electron chi connectivity index (χ3n) is 18.5. The summed E-state index contributed by atoms with van der Waals surface area (Å²) in [5.41, 5.74) is 28.3. The van der Waals surface area contributed by atoms with Crippen molar-refractivity contribution < 1.29 is 0 Å². The van der Waals surface area contributed by atoms with Gasteiger partial charge in [-0.3, -0.25) is 0 Å². The Balaban J connectivity index is 0.967. The van der Waals surface area contributed by atoms with E-state index in [1.54, 1.807) is 0 Å². The van der Waals surface area contributed by atoms with Crippen molar-refractivity contribution in [3.05, 3.63) is 334 Å². The predicted octanol–water partition coefficient (Wildman–Crippen LogP) is 13.6. The number of fused-ring (bicyclic) bond motifs is 8. The van der Waals surface area contributed by atoms with Gasteiger partial charge in [0.25, 0.3) is 0 Å². The van der Waals surface area contributed by atoms with E-state index in [1.165, 1.54) is 62.0 Å². The predicted molar refractivity (Wildman–Crippen MR) is 392 cm³/mol. The number of hydrogen-bond donors (Lipinski definition) is 0. The average Bonchev–Trinajstić information content (AvgIpc) is 0.691. The van der Waals surface area contributed by atoms with E-state index in [-0.39, 0.29) is 43.3 Å². The molecule has 0 aliphatic carbocycles. The summed E-state index contributed by atoms with van der Waals surface area (Å²) in [6.07, 6.45) is 1.90. The van der Waals surface area contributed by atoms with Crippen LogP contribution in [0.4, 0.5) is 68.2 Å². The molecule has 13 aromatic carbocycles. The van der Waals surface area contributed by atoms with Crippen LogP contribution in [-0.4, -0.2) is 48.3 Å². The van der Waals surface area contributed by atoms with E-state index >= 15 is 0 Å². The summed E-state index contributed by atoms with van der Waals surface area (Å²) >= 11 is -0.0597. The van der Waals surface area contributed by atoms with Crippen molar-refractivity contribution in [2.45, 2.75) is 0 Å². The molecule has 0 fully saturated rings. The first kappa shape index (κ1) is 54.3. The second kappa shape index (κ2) is 22.7. The summed E-state index contributed by atoms with van der Waals surface area (Å²) in [5.74, 6) is 0. The minimum absolute atomic E-state index is 0.0285. The Morgan fingerprint density at radius 1 is 0.293 bits per heavy atom. The Hall–Kier alpha value is -10.6. The molecule has 14 aromatic rings. The van der Waals surface area contributed by atoms with Gasteiger partial charge in [0.15, 0.2) is 0 Å². The standard InChI is InChI=1S/C83H55B2N5Se2/c1-7-28-56(29-8-1)64-41-27-42-65(57-30-9-2-10-31-57)83(64)90-74-55-73-69(54-70(74)85-68-44-21-24-48-78(68)91-79-52-62(50-76(90)82(79)85)87(58-32-11-3-12-33-58)59-34-13-4-14-35-59)84-67-43-20-23-47-77(67)92-80-53-63(51-75(81(80)84)89(73)61-38-17-6-18-39-61)88(60-36-15-5-16-37-60)72-46-22-19-40-66(72)71-45-25-26-49-86-71/h1-55H. The van der Waals surface area contributed by atoms with Crippen molar-refractivity contribution in [3.8, 4) is 33.5 Å². The fraction of sp³-hybridized carbons (Fsp3) is 0. The average molecular weight is 1300 g/mol. The zero-order valence-corrected chi connectivity index (χ0v) is 53.4. The number of rotatable bonds is 11. The molecule has 430 valence electrons. The molecule has 4 aliphatic rings. The first-order valence-electron chi connectivity index (χ1n) is 31.4. The van der Waals surface area contributed by atoms with Crippen LogP contribution in [0, 0.1) is 0 Å². The van der Waals surface area contributed by atoms with Crippen molar-refractivity contribution in [1.82, 2.24) is 4.98 Å². The van der Waals surface area contributed by atoms with E-state index in [9.17, 15) is 0 Å². The van der Waals surface area contributed by atoms with Crippen molar-refractivity contribution in [2.24, 2.45) is 0 Å². The third-order valence-corrected chi connectivity index (χ3v) is 23.4. The van der Waals surface area contributed by atoms with Crippen LogP contribution in [0.3, 0.4) is 0 Å². The fourth-order valence-electron chi connectivity index (χ4n) is 14.7. The number of hydrogen-bond acceptors (Lipinski definition) is 5. The van der Waals surface area contributed by atoms with Gasteiger partial charge in [-0.15, -0.1) is 0 Å². The van der Waals surface area contributed by atoms with Crippen LogP contribution in [0.25, 0.3) is 33.5 Å². The number of aromatic nitrogens is 1. The molecule has 0 bridgehead atoms. The fourth-order valence-corrected chi connectivity index (χ4v) is 19.7. The van der Waals surface area contributed by atoms with Crippen molar-refractivity contribution in [1.29, 1.82) is 0 Å². The van der Waals surface area contributed by atoms with Crippen LogP contribution >= 0.6 is 0 Å². The van der Waals surface area contributed by atoms with Crippen molar-refractivity contribution in [3.63, 3.8) is 0 Å². The van der Waals surface area contributed by atoms with E-state index in [0.717, 1.165) is 90.4 Å². The zero-order valence-electron chi connectivity index (χ0n) is 50.0. The maximum absolute atomic E-state index is 4.96. The van der Waals surface area contributed by atoms with E-state index < -0.39 is 0 Å². The molecule has 0 saturated heterocycles. The van der Waals surface area contributed by atoms with E-state index in [0.29, 0.717) is 0 Å². The summed E-state index contributed by atoms with van der Waals surface area (Å²) in [4.78, 5) is 15.2. The van der Waals surface area contributed by atoms with Gasteiger partial charge in [-0.25, -0.2) is 0 Å².